The van der Waals surface area contributed by atoms with Gasteiger partial charge in [-0.05, 0) is 124 Å². The lowest BCUT2D eigenvalue weighted by Gasteiger charge is -2.34. The van der Waals surface area contributed by atoms with Crippen LogP contribution in [0.4, 0.5) is 0 Å². The van der Waals surface area contributed by atoms with Crippen molar-refractivity contribution in [1.82, 2.24) is 0 Å². The fraction of sp³-hybridized carbons (Fsp3) is 0.878. The van der Waals surface area contributed by atoms with Crippen LogP contribution in [0.15, 0.2) is 0 Å². The maximum absolute atomic E-state index is 11.1. The van der Waals surface area contributed by atoms with E-state index < -0.39 is 22.3 Å². The zero-order valence-electron chi connectivity index (χ0n) is 41.4. The van der Waals surface area contributed by atoms with Gasteiger partial charge in [-0.3, -0.25) is 37.9 Å². The van der Waals surface area contributed by atoms with E-state index in [1.165, 1.54) is 86.5 Å². The Labute approximate surface area is 438 Å². The molecule has 24 heteroatoms. The summed E-state index contributed by atoms with van der Waals surface area (Å²) in [6, 6.07) is 0. The minimum Gasteiger partial charge on any atom is -0.465 e. The highest BCUT2D eigenvalue weighted by atomic mass is 32.3. The normalized spacial score (nSPS) is 33.2. The van der Waals surface area contributed by atoms with Crippen LogP contribution in [0.2, 0.25) is 0 Å². The van der Waals surface area contributed by atoms with Crippen molar-refractivity contribution < 1.29 is 94.4 Å². The molecule has 0 aromatic carbocycles. The van der Waals surface area contributed by atoms with Crippen LogP contribution >= 0.6 is 0 Å². The lowest BCUT2D eigenvalue weighted by molar-refractivity contribution is -0.183. The molecular weight excluding hydrogens is 973 g/mol. The van der Waals surface area contributed by atoms with Gasteiger partial charge in [0.25, 0.3) is 0 Å². The van der Waals surface area contributed by atoms with Crippen LogP contribution in [0.5, 0.6) is 0 Å². The summed E-state index contributed by atoms with van der Waals surface area (Å²) in [4.78, 5) is 63.2. The van der Waals surface area contributed by atoms with Gasteiger partial charge in [-0.15, -0.1) is 0 Å². The van der Waals surface area contributed by atoms with Crippen molar-refractivity contribution in [3.63, 3.8) is 0 Å². The number of aliphatic hydroxyl groups is 2. The molecule has 20 nitrogen and oxygen atoms in total. The molecule has 9 fully saturated rings. The number of rotatable bonds is 9. The Morgan fingerprint density at radius 1 is 0.575 bits per heavy atom. The molecule has 0 amide bonds. The zero-order valence-corrected chi connectivity index (χ0v) is 42.2. The van der Waals surface area contributed by atoms with E-state index in [-0.39, 0.29) is 95.6 Å². The Balaban J connectivity index is 0.000000869. The maximum atomic E-state index is 11.1. The predicted molar refractivity (Wildman–Crippen MR) is 270 cm³/mol. The van der Waals surface area contributed by atoms with E-state index in [1.807, 2.05) is 0 Å². The second-order valence-electron chi connectivity index (χ2n) is 19.6. The molecule has 0 unspecified atom stereocenters. The van der Waals surface area contributed by atoms with Gasteiger partial charge in [0.15, 0.2) is 6.79 Å². The van der Waals surface area contributed by atoms with Gasteiger partial charge in [0.1, 0.15) is 19.0 Å². The standard InChI is InChI=1S/C13H20O5.C12H18O4.C9H14O2.C8H14O2.C4H6O3.3CH4.B3.H2O4S/c1-8(14)17-7-16-6-12-10-3-4-11(5-10)13(12)18-9(2)15;1-7(13)15-6-11-9-3-4-10(5-9)12(11)16-8(2)14;1-2-7-3-6(1)8-4-10-5-11-9(7)8;9-4-7-5-1-2-6(3-5)8(7)10;1-3(5)7-4(2)6;;;;1-3-2;1-5(2,3)4/h10-13H,3-7H2,1-2H3;9-12H,3-6H2,1-2H3;6-9H,1-5H2;5-10H,1-4H2;1-2H3;3*1H4;;(H2,1,2,3,4)/t10-,11+,12-,13+;9-,10+,11-,12+;6-,7+,8-,9+;5-,6+,7-,8+;;;;;;/m1111....../s1. The number of ether oxygens (including phenoxy) is 8. The first-order valence-corrected chi connectivity index (χ1v) is 25.7. The lowest BCUT2D eigenvalue weighted by Crippen LogP contribution is -2.38. The molecule has 4 N–H and O–H groups in total. The molecule has 8 aliphatic carbocycles. The topological polar surface area (TPSA) is 291 Å². The highest BCUT2D eigenvalue weighted by Gasteiger charge is 2.52. The van der Waals surface area contributed by atoms with E-state index >= 15 is 0 Å². The van der Waals surface area contributed by atoms with E-state index in [1.54, 1.807) is 0 Å². The first kappa shape index (κ1) is 69.9. The van der Waals surface area contributed by atoms with Gasteiger partial charge >= 0.3 is 46.2 Å². The van der Waals surface area contributed by atoms with Crippen LogP contribution in [0.25, 0.3) is 0 Å². The van der Waals surface area contributed by atoms with Gasteiger partial charge in [-0.25, -0.2) is 0 Å². The van der Waals surface area contributed by atoms with Crippen molar-refractivity contribution in [1.29, 1.82) is 0 Å². The number of carbonyl (C=O) groups is 6. The zero-order chi connectivity index (χ0) is 52.3. The Hall–Kier alpha value is -3.12. The van der Waals surface area contributed by atoms with E-state index in [2.05, 4.69) is 20.2 Å². The summed E-state index contributed by atoms with van der Waals surface area (Å²) in [6.45, 7) is 10.6. The summed E-state index contributed by atoms with van der Waals surface area (Å²) in [6.07, 6.45) is 15.0. The average Bonchev–Trinajstić information content (AvgIpc) is 4.14. The third-order valence-corrected chi connectivity index (χ3v) is 14.9. The molecule has 16 atom stereocenters. The molecule has 0 aromatic rings. The highest BCUT2D eigenvalue weighted by molar-refractivity contribution is 7.79. The smallest absolute Gasteiger partial charge is 0.394 e. The summed E-state index contributed by atoms with van der Waals surface area (Å²) in [5.41, 5.74) is 0. The van der Waals surface area contributed by atoms with Crippen LogP contribution < -0.4 is 0 Å². The summed E-state index contributed by atoms with van der Waals surface area (Å²) < 4.78 is 72.4. The fourth-order valence-electron chi connectivity index (χ4n) is 12.4. The van der Waals surface area contributed by atoms with Crippen molar-refractivity contribution >= 4 is 68.8 Å². The number of hydrogen-bond donors (Lipinski definition) is 4. The number of aliphatic hydroxyl groups excluding tert-OH is 2. The van der Waals surface area contributed by atoms with Gasteiger partial charge < -0.3 is 48.1 Å². The second kappa shape index (κ2) is 34.5. The summed E-state index contributed by atoms with van der Waals surface area (Å²) in [5, 5.41) is 18.4. The quantitative estimate of drug-likeness (QED) is 0.0448. The van der Waals surface area contributed by atoms with Gasteiger partial charge in [0, 0.05) is 94.4 Å². The van der Waals surface area contributed by atoms with Gasteiger partial charge in [-0.2, -0.15) is 8.42 Å². The molecule has 73 heavy (non-hydrogen) atoms. The molecule has 1 heterocycles. The molecule has 8 saturated carbocycles. The molecule has 9 aliphatic rings. The molecular formula is C49H86B3O20S. The Morgan fingerprint density at radius 3 is 1.36 bits per heavy atom. The average molecular weight is 1060 g/mol. The molecule has 1 saturated heterocycles. The Bertz CT molecular complexity index is 1750. The van der Waals surface area contributed by atoms with Crippen molar-refractivity contribution in [2.24, 2.45) is 71.0 Å². The molecule has 1 aliphatic heterocycles. The third kappa shape index (κ3) is 23.8. The molecule has 417 valence electrons. The van der Waals surface area contributed by atoms with Crippen LogP contribution in [0.1, 0.15) is 141 Å². The number of esters is 6. The van der Waals surface area contributed by atoms with Gasteiger partial charge in [-0.1, -0.05) is 22.3 Å². The highest BCUT2D eigenvalue weighted by Crippen LogP contribution is 2.52. The van der Waals surface area contributed by atoms with E-state index in [9.17, 15) is 33.9 Å². The van der Waals surface area contributed by atoms with Crippen molar-refractivity contribution in [3.8, 4) is 0 Å². The van der Waals surface area contributed by atoms with E-state index in [0.29, 0.717) is 61.6 Å². The fourth-order valence-corrected chi connectivity index (χ4v) is 12.4. The SMILES string of the molecule is C.C.C.C1OC[C@@H]2[C@@H]3CC[C@@H](C3)[C@@H]2O1.CC(=O)OC(C)=O.CC(=O)OCOC[C@@H]1[C@@H]2CC[C@@H](C2)[C@@H]1OC(C)=O.CC(=O)OC[C@@H]1[C@@H]2CC[C@@H](C2)[C@@H]1OC(C)=O.O=S(=O)(O)O.OC[C@@H]1[C@@H]2CC[C@@H](C2)[C@@H]1O.[B][B][B]. The minimum atomic E-state index is -4.67. The Kier molecular flexibility index (Phi) is 33.1. The monoisotopic (exact) mass is 1060 g/mol. The van der Waals surface area contributed by atoms with Crippen LogP contribution in [-0.2, 0) is 77.1 Å². The molecule has 8 bridgehead atoms. The Morgan fingerprint density at radius 2 is 0.973 bits per heavy atom. The van der Waals surface area contributed by atoms with E-state index in [0.717, 1.165) is 63.5 Å². The van der Waals surface area contributed by atoms with Crippen molar-refractivity contribution in [2.75, 3.05) is 40.0 Å². The predicted octanol–water partition coefficient (Wildman–Crippen LogP) is 5.03. The van der Waals surface area contributed by atoms with E-state index in [4.69, 9.17) is 55.8 Å². The summed E-state index contributed by atoms with van der Waals surface area (Å²) >= 11 is 0. The minimum absolute atomic E-state index is 0. The molecule has 9 rings (SSSR count). The third-order valence-electron chi connectivity index (χ3n) is 14.9. The number of carbonyl (C=O) groups excluding carboxylic acids is 6. The van der Waals surface area contributed by atoms with Crippen molar-refractivity contribution in [3.05, 3.63) is 0 Å². The summed E-state index contributed by atoms with van der Waals surface area (Å²) in [5.74, 6) is 4.31. The largest absolute Gasteiger partial charge is 0.465 e. The molecule has 5 radical (unpaired) electrons. The molecule has 0 spiro atoms. The van der Waals surface area contributed by atoms with Crippen LogP contribution in [-0.4, -0.2) is 151 Å². The van der Waals surface area contributed by atoms with Crippen molar-refractivity contribution in [2.45, 2.75) is 165 Å². The summed E-state index contributed by atoms with van der Waals surface area (Å²) in [7, 11) is 5.33. The van der Waals surface area contributed by atoms with Gasteiger partial charge in [0.2, 0.25) is 0 Å². The number of hydrogen-bond acceptors (Lipinski definition) is 18. The molecule has 0 aromatic heterocycles. The second-order valence-corrected chi connectivity index (χ2v) is 20.5. The maximum Gasteiger partial charge on any atom is 0.394 e. The van der Waals surface area contributed by atoms with Crippen LogP contribution in [0, 0.1) is 71.0 Å². The first-order chi connectivity index (χ1) is 33.0. The van der Waals surface area contributed by atoms with Gasteiger partial charge in [0.05, 0.1) is 32.0 Å². The number of fused-ring (bicyclic) bond motifs is 11. The first-order valence-electron chi connectivity index (χ1n) is 24.3. The van der Waals surface area contributed by atoms with Crippen LogP contribution in [0.3, 0.4) is 0 Å². The lowest BCUT2D eigenvalue weighted by atomic mass is 9.40.